The van der Waals surface area contributed by atoms with Gasteiger partial charge in [0, 0.05) is 12.8 Å². The molecule has 0 saturated heterocycles. The molecular formula is C48H87NO12. The lowest BCUT2D eigenvalue weighted by atomic mass is 9.91. The van der Waals surface area contributed by atoms with Gasteiger partial charge in [-0.15, -0.1) is 0 Å². The van der Waals surface area contributed by atoms with Crippen LogP contribution in [0.3, 0.4) is 0 Å². The lowest BCUT2D eigenvalue weighted by Crippen LogP contribution is -2.44. The molecule has 0 radical (unpaired) electrons. The Morgan fingerprint density at radius 2 is 0.754 bits per heavy atom. The molecule has 0 bridgehead atoms. The first-order valence-corrected chi connectivity index (χ1v) is 24.0. The highest BCUT2D eigenvalue weighted by Gasteiger charge is 2.38. The molecule has 0 fully saturated rings. The van der Waals surface area contributed by atoms with Gasteiger partial charge in [-0.2, -0.15) is 0 Å². The van der Waals surface area contributed by atoms with Crippen molar-refractivity contribution in [2.24, 2.45) is 11.3 Å². The minimum atomic E-state index is -1.54. The number of unbranched alkanes of at least 4 members (excludes halogenated alkanes) is 16. The zero-order valence-electron chi connectivity index (χ0n) is 39.5. The second-order valence-electron chi connectivity index (χ2n) is 17.1. The van der Waals surface area contributed by atoms with Gasteiger partial charge in [0.1, 0.15) is 44.7 Å². The van der Waals surface area contributed by atoms with E-state index in [1.54, 1.807) is 0 Å². The number of hydrogen-bond acceptors (Lipinski definition) is 13. The standard InChI is InChI=1S/C48H87NO12/c1-7-11-15-17-19-21-25-32-56-44(52)35-46(54)60-39-48(37-58-42(50)30-27-31-49(5)6,38-59-43(51)34-41(28-23-13-9-3)29-24-14-10-4)40-61-47(55)36-45(53)57-33-26-22-20-18-16-12-8-2/h41H,7-40H2,1-6H3. The summed E-state index contributed by atoms with van der Waals surface area (Å²) < 4.78 is 33.2. The van der Waals surface area contributed by atoms with Crippen LogP contribution in [0.25, 0.3) is 0 Å². The first-order valence-electron chi connectivity index (χ1n) is 24.0. The van der Waals surface area contributed by atoms with E-state index < -0.39 is 80.5 Å². The monoisotopic (exact) mass is 870 g/mol. The van der Waals surface area contributed by atoms with Crippen molar-refractivity contribution in [3.8, 4) is 0 Å². The van der Waals surface area contributed by atoms with Gasteiger partial charge in [-0.1, -0.05) is 143 Å². The molecule has 0 spiro atoms. The molecule has 356 valence electrons. The van der Waals surface area contributed by atoms with Gasteiger partial charge in [0.25, 0.3) is 0 Å². The number of ether oxygens (including phenoxy) is 6. The summed E-state index contributed by atoms with van der Waals surface area (Å²) in [6, 6.07) is 0. The molecule has 0 aliphatic heterocycles. The number of rotatable bonds is 42. The molecule has 0 atom stereocenters. The van der Waals surface area contributed by atoms with Gasteiger partial charge in [-0.25, -0.2) is 0 Å². The van der Waals surface area contributed by atoms with Crippen LogP contribution in [0.4, 0.5) is 0 Å². The molecule has 0 aliphatic rings. The van der Waals surface area contributed by atoms with Crippen molar-refractivity contribution in [2.45, 2.75) is 201 Å². The fourth-order valence-corrected chi connectivity index (χ4v) is 6.74. The Bertz CT molecular complexity index is 1100. The van der Waals surface area contributed by atoms with Crippen molar-refractivity contribution in [1.29, 1.82) is 0 Å². The molecule has 13 heteroatoms. The summed E-state index contributed by atoms with van der Waals surface area (Å²) in [5.41, 5.74) is -1.54. The Morgan fingerprint density at radius 1 is 0.410 bits per heavy atom. The third-order valence-electron chi connectivity index (χ3n) is 10.6. The number of hydrogen-bond donors (Lipinski definition) is 0. The molecule has 0 heterocycles. The van der Waals surface area contributed by atoms with E-state index in [-0.39, 0.29) is 32.0 Å². The second kappa shape index (κ2) is 39.6. The van der Waals surface area contributed by atoms with Crippen molar-refractivity contribution in [3.05, 3.63) is 0 Å². The van der Waals surface area contributed by atoms with Crippen molar-refractivity contribution in [2.75, 3.05) is 60.3 Å². The van der Waals surface area contributed by atoms with Crippen molar-refractivity contribution >= 4 is 35.8 Å². The number of carbonyl (C=O) groups is 6. The summed E-state index contributed by atoms with van der Waals surface area (Å²) in [6.45, 7) is 7.76. The summed E-state index contributed by atoms with van der Waals surface area (Å²) >= 11 is 0. The van der Waals surface area contributed by atoms with Crippen LogP contribution in [0.2, 0.25) is 0 Å². The van der Waals surface area contributed by atoms with Crippen LogP contribution in [0, 0.1) is 11.3 Å². The molecule has 0 N–H and O–H groups in total. The molecule has 0 aromatic heterocycles. The third-order valence-corrected chi connectivity index (χ3v) is 10.6. The third kappa shape index (κ3) is 36.0. The maximum absolute atomic E-state index is 13.4. The minimum absolute atomic E-state index is 0.0972. The Labute approximate surface area is 369 Å². The smallest absolute Gasteiger partial charge is 0.317 e. The molecule has 0 amide bonds. The maximum atomic E-state index is 13.4. The van der Waals surface area contributed by atoms with Gasteiger partial charge >= 0.3 is 35.8 Å². The van der Waals surface area contributed by atoms with E-state index >= 15 is 0 Å². The van der Waals surface area contributed by atoms with Crippen molar-refractivity contribution < 1.29 is 57.2 Å². The largest absolute Gasteiger partial charge is 0.465 e. The van der Waals surface area contributed by atoms with Gasteiger partial charge < -0.3 is 33.3 Å². The number of esters is 6. The Balaban J connectivity index is 5.91. The van der Waals surface area contributed by atoms with E-state index in [0.29, 0.717) is 25.8 Å². The summed E-state index contributed by atoms with van der Waals surface area (Å²) in [4.78, 5) is 79.3. The highest BCUT2D eigenvalue weighted by Crippen LogP contribution is 2.25. The average Bonchev–Trinajstić information content (AvgIpc) is 3.22. The molecule has 13 nitrogen and oxygen atoms in total. The summed E-state index contributed by atoms with van der Waals surface area (Å²) in [5, 5.41) is 0. The molecule has 0 aromatic rings. The molecule has 0 unspecified atom stereocenters. The number of carbonyl (C=O) groups excluding carboxylic acids is 6. The van der Waals surface area contributed by atoms with E-state index in [0.717, 1.165) is 89.9 Å². The first-order chi connectivity index (χ1) is 29.4. The zero-order valence-corrected chi connectivity index (χ0v) is 39.5. The van der Waals surface area contributed by atoms with E-state index in [2.05, 4.69) is 27.7 Å². The van der Waals surface area contributed by atoms with Crippen LogP contribution in [0.5, 0.6) is 0 Å². The second-order valence-corrected chi connectivity index (χ2v) is 17.1. The fraction of sp³-hybridized carbons (Fsp3) is 0.875. The van der Waals surface area contributed by atoms with Crippen LogP contribution in [-0.2, 0) is 57.2 Å². The molecule has 0 aliphatic carbocycles. The van der Waals surface area contributed by atoms with Crippen LogP contribution >= 0.6 is 0 Å². The van der Waals surface area contributed by atoms with Crippen LogP contribution in [0.15, 0.2) is 0 Å². The van der Waals surface area contributed by atoms with Gasteiger partial charge in [-0.05, 0) is 58.7 Å². The van der Waals surface area contributed by atoms with E-state index in [9.17, 15) is 28.8 Å². The van der Waals surface area contributed by atoms with E-state index in [1.165, 1.54) is 38.5 Å². The fourth-order valence-electron chi connectivity index (χ4n) is 6.74. The highest BCUT2D eigenvalue weighted by atomic mass is 16.6. The van der Waals surface area contributed by atoms with Crippen molar-refractivity contribution in [3.63, 3.8) is 0 Å². The van der Waals surface area contributed by atoms with Gasteiger partial charge in [0.2, 0.25) is 0 Å². The predicted molar refractivity (Wildman–Crippen MR) is 238 cm³/mol. The number of nitrogens with zero attached hydrogens (tertiary/aromatic N) is 1. The van der Waals surface area contributed by atoms with Gasteiger partial charge in [-0.3, -0.25) is 28.8 Å². The maximum Gasteiger partial charge on any atom is 0.317 e. The van der Waals surface area contributed by atoms with Gasteiger partial charge in [0.15, 0.2) is 0 Å². The SMILES string of the molecule is CCCCCCCCCOC(=O)CC(=O)OCC(COC(=O)CCCN(C)C)(COC(=O)CC(=O)OCCCCCCCCC)COC(=O)CC(CCCCC)CCCCC. The molecule has 61 heavy (non-hydrogen) atoms. The lowest BCUT2D eigenvalue weighted by Gasteiger charge is -2.32. The Hall–Kier alpha value is -3.22. The van der Waals surface area contributed by atoms with Crippen LogP contribution < -0.4 is 0 Å². The van der Waals surface area contributed by atoms with Crippen molar-refractivity contribution in [1.82, 2.24) is 4.90 Å². The van der Waals surface area contributed by atoms with E-state index in [1.807, 2.05) is 19.0 Å². The summed E-state index contributed by atoms with van der Waals surface area (Å²) in [7, 11) is 3.78. The summed E-state index contributed by atoms with van der Waals surface area (Å²) in [6.07, 6.45) is 22.3. The Morgan fingerprint density at radius 3 is 1.16 bits per heavy atom. The van der Waals surface area contributed by atoms with Gasteiger partial charge in [0.05, 0.1) is 13.2 Å². The molecule has 0 rings (SSSR count). The Kier molecular flexibility index (Phi) is 37.5. The molecule has 0 saturated carbocycles. The van der Waals surface area contributed by atoms with Crippen LogP contribution in [-0.4, -0.2) is 101 Å². The zero-order chi connectivity index (χ0) is 45.4. The van der Waals surface area contributed by atoms with Crippen LogP contribution in [0.1, 0.15) is 201 Å². The van der Waals surface area contributed by atoms with E-state index in [4.69, 9.17) is 28.4 Å². The lowest BCUT2D eigenvalue weighted by molar-refractivity contribution is -0.172. The quantitative estimate of drug-likeness (QED) is 0.0247. The molecule has 0 aromatic carbocycles. The average molecular weight is 870 g/mol. The highest BCUT2D eigenvalue weighted by molar-refractivity contribution is 5.91. The normalized spacial score (nSPS) is 11.4. The molecular weight excluding hydrogens is 783 g/mol. The first kappa shape index (κ1) is 57.8. The topological polar surface area (TPSA) is 161 Å². The predicted octanol–water partition coefficient (Wildman–Crippen LogP) is 10.0. The summed E-state index contributed by atoms with van der Waals surface area (Å²) in [5.74, 6) is -4.15. The minimum Gasteiger partial charge on any atom is -0.465 e.